The third kappa shape index (κ3) is 25.2. The van der Waals surface area contributed by atoms with Crippen molar-refractivity contribution >= 4 is 11.8 Å². The van der Waals surface area contributed by atoms with E-state index in [-0.39, 0.29) is 11.2 Å². The van der Waals surface area contributed by atoms with Gasteiger partial charge in [0.2, 0.25) is 0 Å². The lowest BCUT2D eigenvalue weighted by molar-refractivity contribution is -0.102. The second kappa shape index (κ2) is 6.65. The normalized spacial score (nSPS) is 14.0. The molecule has 0 N–H and O–H groups in total. The van der Waals surface area contributed by atoms with Gasteiger partial charge in [-0.05, 0) is 41.5 Å². The predicted octanol–water partition coefficient (Wildman–Crippen LogP) is 5.92. The summed E-state index contributed by atoms with van der Waals surface area (Å²) in [7, 11) is 0. The molecule has 0 atom stereocenters. The lowest BCUT2D eigenvalue weighted by atomic mass is 10.1. The van der Waals surface area contributed by atoms with E-state index in [1.807, 2.05) is 11.8 Å². The molecule has 0 amide bonds. The van der Waals surface area contributed by atoms with Crippen LogP contribution in [-0.2, 0) is 4.74 Å². The van der Waals surface area contributed by atoms with Crippen molar-refractivity contribution in [2.45, 2.75) is 104 Å². The minimum absolute atomic E-state index is 0.0156. The van der Waals surface area contributed by atoms with Crippen molar-refractivity contribution in [2.75, 3.05) is 0 Å². The van der Waals surface area contributed by atoms with E-state index >= 15 is 0 Å². The van der Waals surface area contributed by atoms with Crippen molar-refractivity contribution in [1.82, 2.24) is 0 Å². The molecule has 0 radical (unpaired) electrons. The van der Waals surface area contributed by atoms with Gasteiger partial charge in [0.25, 0.3) is 0 Å². The maximum atomic E-state index is 5.62. The Hall–Kier alpha value is 0.310. The first-order valence-electron chi connectivity index (χ1n) is 6.82. The molecule has 0 unspecified atom stereocenters. The van der Waals surface area contributed by atoms with E-state index in [2.05, 4.69) is 83.1 Å². The van der Waals surface area contributed by atoms with Gasteiger partial charge in [0, 0.05) is 9.49 Å². The highest BCUT2D eigenvalue weighted by Crippen LogP contribution is 2.35. The molecule has 112 valence electrons. The lowest BCUT2D eigenvalue weighted by Crippen LogP contribution is -2.31. The van der Waals surface area contributed by atoms with Crippen molar-refractivity contribution < 1.29 is 4.74 Å². The van der Waals surface area contributed by atoms with Gasteiger partial charge in [-0.15, -0.1) is 0 Å². The van der Waals surface area contributed by atoms with Gasteiger partial charge in [0.15, 0.2) is 0 Å². The van der Waals surface area contributed by atoms with E-state index in [1.165, 1.54) is 0 Å². The highest BCUT2D eigenvalue weighted by Gasteiger charge is 2.21. The molecule has 0 saturated carbocycles. The molecule has 1 nitrogen and oxygen atoms in total. The monoisotopic (exact) mass is 276 g/mol. The van der Waals surface area contributed by atoms with Gasteiger partial charge in [-0.25, -0.2) is 0 Å². The Labute approximate surface area is 120 Å². The van der Waals surface area contributed by atoms with E-state index < -0.39 is 0 Å². The van der Waals surface area contributed by atoms with Crippen LogP contribution in [0.25, 0.3) is 0 Å². The first kappa shape index (κ1) is 20.6. The molecule has 0 heterocycles. The molecule has 0 bridgehead atoms. The predicted molar refractivity (Wildman–Crippen MR) is 87.7 cm³/mol. The van der Waals surface area contributed by atoms with E-state index in [1.54, 1.807) is 0 Å². The van der Waals surface area contributed by atoms with Crippen LogP contribution in [0, 0.1) is 0 Å². The van der Waals surface area contributed by atoms with Crippen molar-refractivity contribution in [3.63, 3.8) is 0 Å². The first-order chi connectivity index (χ1) is 7.41. The van der Waals surface area contributed by atoms with Crippen LogP contribution in [0.1, 0.15) is 83.1 Å². The molecule has 0 saturated heterocycles. The topological polar surface area (TPSA) is 9.23 Å². The summed E-state index contributed by atoms with van der Waals surface area (Å²) < 4.78 is 6.43. The molecule has 0 aliphatic rings. The standard InChI is InChI=1S/C8H18O.C8H18S/c2*1-7(2,3)9-8(4,5)6/h2*1-6H3. The molecule has 0 aromatic carbocycles. The quantitative estimate of drug-likeness (QED) is 0.543. The fraction of sp³-hybridized carbons (Fsp3) is 1.00. The van der Waals surface area contributed by atoms with Gasteiger partial charge < -0.3 is 4.74 Å². The average molecular weight is 277 g/mol. The van der Waals surface area contributed by atoms with E-state index in [0.29, 0.717) is 9.49 Å². The van der Waals surface area contributed by atoms with Gasteiger partial charge in [-0.3, -0.25) is 0 Å². The second-order valence-electron chi connectivity index (χ2n) is 8.65. The number of thioether (sulfide) groups is 1. The number of rotatable bonds is 0. The van der Waals surface area contributed by atoms with Crippen LogP contribution >= 0.6 is 11.8 Å². The van der Waals surface area contributed by atoms with Crippen molar-refractivity contribution in [3.05, 3.63) is 0 Å². The van der Waals surface area contributed by atoms with Crippen LogP contribution in [-0.4, -0.2) is 20.7 Å². The fourth-order valence-corrected chi connectivity index (χ4v) is 3.67. The summed E-state index contributed by atoms with van der Waals surface area (Å²) in [5.41, 5.74) is -0.0312. The van der Waals surface area contributed by atoms with Crippen molar-refractivity contribution in [3.8, 4) is 0 Å². The Morgan fingerprint density at radius 1 is 0.500 bits per heavy atom. The molecule has 2 heteroatoms. The second-order valence-corrected chi connectivity index (χ2v) is 11.3. The molecule has 0 spiro atoms. The summed E-state index contributed by atoms with van der Waals surface area (Å²) in [6, 6.07) is 0. The zero-order chi connectivity index (χ0) is 15.4. The highest BCUT2D eigenvalue weighted by molar-refractivity contribution is 8.01. The van der Waals surface area contributed by atoms with Gasteiger partial charge in [-0.1, -0.05) is 41.5 Å². The lowest BCUT2D eigenvalue weighted by Gasteiger charge is -2.30. The zero-order valence-corrected chi connectivity index (χ0v) is 15.6. The Balaban J connectivity index is 0. The number of hydrogen-bond acceptors (Lipinski definition) is 2. The van der Waals surface area contributed by atoms with E-state index in [9.17, 15) is 0 Å². The minimum atomic E-state index is -0.0156. The summed E-state index contributed by atoms with van der Waals surface area (Å²) in [4.78, 5) is 0. The van der Waals surface area contributed by atoms with Crippen molar-refractivity contribution in [1.29, 1.82) is 0 Å². The van der Waals surface area contributed by atoms with Gasteiger partial charge >= 0.3 is 0 Å². The van der Waals surface area contributed by atoms with Crippen LogP contribution in [0.5, 0.6) is 0 Å². The first-order valence-corrected chi connectivity index (χ1v) is 7.63. The molecule has 18 heavy (non-hydrogen) atoms. The fourth-order valence-electron chi connectivity index (χ4n) is 1.84. The molecular weight excluding hydrogens is 240 g/mol. The smallest absolute Gasteiger partial charge is 0.0605 e. The molecule has 0 aliphatic carbocycles. The molecule has 0 fully saturated rings. The Bertz CT molecular complexity index is 167. The molecular formula is C16H36OS. The maximum absolute atomic E-state index is 5.62. The molecule has 0 rings (SSSR count). The van der Waals surface area contributed by atoms with Crippen molar-refractivity contribution in [2.24, 2.45) is 0 Å². The summed E-state index contributed by atoms with van der Waals surface area (Å²) in [6.07, 6.45) is 0. The minimum Gasteiger partial charge on any atom is -0.370 e. The molecule has 0 aromatic rings. The summed E-state index contributed by atoms with van der Waals surface area (Å²) in [6.45, 7) is 25.9. The Kier molecular flexibility index (Phi) is 7.62. The van der Waals surface area contributed by atoms with Crippen LogP contribution in [0.2, 0.25) is 0 Å². The Morgan fingerprint density at radius 3 is 0.722 bits per heavy atom. The summed E-state index contributed by atoms with van der Waals surface area (Å²) in [5, 5.41) is 0. The van der Waals surface area contributed by atoms with Crippen LogP contribution in [0.4, 0.5) is 0 Å². The van der Waals surface area contributed by atoms with Crippen LogP contribution in [0.3, 0.4) is 0 Å². The van der Waals surface area contributed by atoms with Gasteiger partial charge in [0.1, 0.15) is 0 Å². The summed E-state index contributed by atoms with van der Waals surface area (Å²) in [5.74, 6) is 0. The SMILES string of the molecule is CC(C)(C)OC(C)(C)C.CC(C)(C)SC(C)(C)C. The zero-order valence-electron chi connectivity index (χ0n) is 14.8. The van der Waals surface area contributed by atoms with Gasteiger partial charge in [0.05, 0.1) is 11.2 Å². The largest absolute Gasteiger partial charge is 0.370 e. The highest BCUT2D eigenvalue weighted by atomic mass is 32.2. The van der Waals surface area contributed by atoms with Crippen LogP contribution < -0.4 is 0 Å². The third-order valence-corrected chi connectivity index (χ3v) is 2.45. The average Bonchev–Trinajstić information content (AvgIpc) is 1.64. The Morgan fingerprint density at radius 2 is 0.722 bits per heavy atom. The third-order valence-electron chi connectivity index (χ3n) is 1.22. The van der Waals surface area contributed by atoms with E-state index in [4.69, 9.17) is 4.74 Å². The number of ether oxygens (including phenoxy) is 1. The van der Waals surface area contributed by atoms with Gasteiger partial charge in [-0.2, -0.15) is 11.8 Å². The van der Waals surface area contributed by atoms with Crippen LogP contribution in [0.15, 0.2) is 0 Å². The maximum Gasteiger partial charge on any atom is 0.0605 e. The summed E-state index contributed by atoms with van der Waals surface area (Å²) >= 11 is 2.01. The molecule has 0 aromatic heterocycles. The molecule has 0 aliphatic heterocycles. The van der Waals surface area contributed by atoms with E-state index in [0.717, 1.165) is 0 Å². The number of hydrogen-bond donors (Lipinski definition) is 0.